The summed E-state index contributed by atoms with van der Waals surface area (Å²) in [7, 11) is 0.679. The first-order valence-corrected chi connectivity index (χ1v) is 10.7. The molecule has 0 saturated carbocycles. The van der Waals surface area contributed by atoms with E-state index in [9.17, 15) is 13.2 Å². The summed E-state index contributed by atoms with van der Waals surface area (Å²) in [5.41, 5.74) is 0.807. The van der Waals surface area contributed by atoms with Gasteiger partial charge in [0.2, 0.25) is 15.9 Å². The van der Waals surface area contributed by atoms with Gasteiger partial charge in [-0.25, -0.2) is 8.42 Å². The lowest BCUT2D eigenvalue weighted by Gasteiger charge is -2.17. The molecule has 8 heteroatoms. The van der Waals surface area contributed by atoms with Crippen molar-refractivity contribution in [3.63, 3.8) is 0 Å². The van der Waals surface area contributed by atoms with Crippen molar-refractivity contribution in [1.29, 1.82) is 0 Å². The number of methoxy groups -OCH3 is 2. The van der Waals surface area contributed by atoms with Gasteiger partial charge in [-0.3, -0.25) is 4.79 Å². The Morgan fingerprint density at radius 2 is 1.63 bits per heavy atom. The highest BCUT2D eigenvalue weighted by Crippen LogP contribution is 2.27. The first kappa shape index (κ1) is 21.6. The first-order valence-electron chi connectivity index (χ1n) is 9.28. The van der Waals surface area contributed by atoms with E-state index < -0.39 is 15.9 Å². The van der Waals surface area contributed by atoms with Crippen molar-refractivity contribution in [2.45, 2.75) is 11.4 Å². The van der Waals surface area contributed by atoms with Crippen molar-refractivity contribution in [3.05, 3.63) is 66.2 Å². The van der Waals surface area contributed by atoms with Gasteiger partial charge in [-0.2, -0.15) is 4.31 Å². The summed E-state index contributed by atoms with van der Waals surface area (Å²) in [5.74, 6) is 0.741. The summed E-state index contributed by atoms with van der Waals surface area (Å²) in [6.45, 7) is -0.0501. The SMILES string of the molecule is COc1ccc(CNC(=O)CN(C)S(=O)(=O)c2ccc3ccccc3c2)cc1OC. The lowest BCUT2D eigenvalue weighted by Crippen LogP contribution is -2.38. The minimum Gasteiger partial charge on any atom is -0.493 e. The third-order valence-electron chi connectivity index (χ3n) is 4.73. The van der Waals surface area contributed by atoms with E-state index in [0.29, 0.717) is 11.5 Å². The molecule has 0 atom stereocenters. The molecule has 0 aliphatic rings. The fourth-order valence-electron chi connectivity index (χ4n) is 3.04. The van der Waals surface area contributed by atoms with Crippen LogP contribution in [0.3, 0.4) is 0 Å². The van der Waals surface area contributed by atoms with E-state index in [0.717, 1.165) is 20.6 Å². The summed E-state index contributed by atoms with van der Waals surface area (Å²) < 4.78 is 37.2. The number of amides is 1. The monoisotopic (exact) mass is 428 g/mol. The lowest BCUT2D eigenvalue weighted by atomic mass is 10.1. The average Bonchev–Trinajstić information content (AvgIpc) is 2.76. The molecule has 3 aromatic carbocycles. The third kappa shape index (κ3) is 4.72. The van der Waals surface area contributed by atoms with Crippen LogP contribution in [0.15, 0.2) is 65.6 Å². The molecule has 158 valence electrons. The second-order valence-electron chi connectivity index (χ2n) is 6.74. The van der Waals surface area contributed by atoms with Crippen LogP contribution in [0.2, 0.25) is 0 Å². The van der Waals surface area contributed by atoms with Crippen LogP contribution in [-0.4, -0.2) is 46.4 Å². The van der Waals surface area contributed by atoms with Crippen LogP contribution >= 0.6 is 0 Å². The van der Waals surface area contributed by atoms with Gasteiger partial charge in [0.15, 0.2) is 11.5 Å². The van der Waals surface area contributed by atoms with E-state index >= 15 is 0 Å². The van der Waals surface area contributed by atoms with Crippen molar-refractivity contribution in [3.8, 4) is 11.5 Å². The number of carbonyl (C=O) groups is 1. The van der Waals surface area contributed by atoms with Crippen LogP contribution in [0.25, 0.3) is 10.8 Å². The Labute approximate surface area is 176 Å². The van der Waals surface area contributed by atoms with E-state index in [1.54, 1.807) is 43.5 Å². The van der Waals surface area contributed by atoms with Gasteiger partial charge in [-0.05, 0) is 40.6 Å². The predicted molar refractivity (Wildman–Crippen MR) is 115 cm³/mol. The zero-order chi connectivity index (χ0) is 21.7. The number of sulfonamides is 1. The number of hydrogen-bond donors (Lipinski definition) is 1. The second-order valence-corrected chi connectivity index (χ2v) is 8.78. The van der Waals surface area contributed by atoms with Gasteiger partial charge in [0.1, 0.15) is 0 Å². The molecule has 1 N–H and O–H groups in total. The van der Waals surface area contributed by atoms with Gasteiger partial charge in [0.05, 0.1) is 25.7 Å². The molecule has 0 bridgehead atoms. The molecule has 3 aromatic rings. The number of nitrogens with zero attached hydrogens (tertiary/aromatic N) is 1. The Morgan fingerprint density at radius 1 is 0.933 bits per heavy atom. The average molecular weight is 429 g/mol. The summed E-state index contributed by atoms with van der Waals surface area (Å²) in [5, 5.41) is 4.51. The maximum absolute atomic E-state index is 12.9. The van der Waals surface area contributed by atoms with Crippen molar-refractivity contribution in [1.82, 2.24) is 9.62 Å². The number of likely N-dealkylation sites (N-methyl/N-ethyl adjacent to an activating group) is 1. The van der Waals surface area contributed by atoms with Crippen molar-refractivity contribution < 1.29 is 22.7 Å². The first-order chi connectivity index (χ1) is 14.3. The van der Waals surface area contributed by atoms with E-state index in [-0.39, 0.29) is 18.0 Å². The molecule has 0 spiro atoms. The number of ether oxygens (including phenoxy) is 2. The van der Waals surface area contributed by atoms with Crippen molar-refractivity contribution in [2.24, 2.45) is 0 Å². The fraction of sp³-hybridized carbons (Fsp3) is 0.227. The van der Waals surface area contributed by atoms with Crippen molar-refractivity contribution in [2.75, 3.05) is 27.8 Å². The summed E-state index contributed by atoms with van der Waals surface area (Å²) >= 11 is 0. The van der Waals surface area contributed by atoms with Crippen LogP contribution in [-0.2, 0) is 21.4 Å². The van der Waals surface area contributed by atoms with Crippen LogP contribution < -0.4 is 14.8 Å². The Morgan fingerprint density at radius 3 is 2.33 bits per heavy atom. The van der Waals surface area contributed by atoms with Crippen LogP contribution in [0.5, 0.6) is 11.5 Å². The van der Waals surface area contributed by atoms with Gasteiger partial charge in [-0.1, -0.05) is 36.4 Å². The largest absolute Gasteiger partial charge is 0.493 e. The number of benzene rings is 3. The molecule has 0 aliphatic carbocycles. The molecule has 1 amide bonds. The van der Waals surface area contributed by atoms with Crippen LogP contribution in [0.1, 0.15) is 5.56 Å². The number of nitrogens with one attached hydrogen (secondary N) is 1. The van der Waals surface area contributed by atoms with Crippen LogP contribution in [0.4, 0.5) is 0 Å². The minimum atomic E-state index is -3.79. The predicted octanol–water partition coefficient (Wildman–Crippen LogP) is 2.79. The molecular weight excluding hydrogens is 404 g/mol. The Hall–Kier alpha value is -3.10. The number of hydrogen-bond acceptors (Lipinski definition) is 5. The minimum absolute atomic E-state index is 0.149. The maximum atomic E-state index is 12.9. The van der Waals surface area contributed by atoms with Gasteiger partial charge < -0.3 is 14.8 Å². The number of fused-ring (bicyclic) bond motifs is 1. The Kier molecular flexibility index (Phi) is 6.59. The third-order valence-corrected chi connectivity index (χ3v) is 6.53. The highest BCUT2D eigenvalue weighted by atomic mass is 32.2. The Bertz CT molecular complexity index is 1160. The zero-order valence-electron chi connectivity index (χ0n) is 17.1. The molecule has 0 saturated heterocycles. The lowest BCUT2D eigenvalue weighted by molar-refractivity contribution is -0.121. The van der Waals surface area contributed by atoms with E-state index in [1.165, 1.54) is 14.2 Å². The molecule has 7 nitrogen and oxygen atoms in total. The second kappa shape index (κ2) is 9.15. The smallest absolute Gasteiger partial charge is 0.243 e. The van der Waals surface area contributed by atoms with Gasteiger partial charge in [0, 0.05) is 13.6 Å². The van der Waals surface area contributed by atoms with Gasteiger partial charge >= 0.3 is 0 Å². The molecule has 0 radical (unpaired) electrons. The van der Waals surface area contributed by atoms with E-state index in [4.69, 9.17) is 9.47 Å². The molecule has 0 unspecified atom stereocenters. The summed E-state index contributed by atoms with van der Waals surface area (Å²) in [6.07, 6.45) is 0. The van der Waals surface area contributed by atoms with Crippen molar-refractivity contribution >= 4 is 26.7 Å². The molecule has 3 rings (SSSR count). The number of carbonyl (C=O) groups excluding carboxylic acids is 1. The number of rotatable bonds is 8. The molecule has 0 fully saturated rings. The summed E-state index contributed by atoms with van der Waals surface area (Å²) in [4.78, 5) is 12.5. The summed E-state index contributed by atoms with van der Waals surface area (Å²) in [6, 6.07) is 17.7. The molecular formula is C22H24N2O5S. The molecule has 0 aliphatic heterocycles. The Balaban J connectivity index is 1.65. The maximum Gasteiger partial charge on any atom is 0.243 e. The topological polar surface area (TPSA) is 84.9 Å². The quantitative estimate of drug-likeness (QED) is 0.596. The molecule has 0 heterocycles. The van der Waals surface area contributed by atoms with Crippen LogP contribution in [0, 0.1) is 0 Å². The highest BCUT2D eigenvalue weighted by molar-refractivity contribution is 7.89. The van der Waals surface area contributed by atoms with Gasteiger partial charge in [0.25, 0.3) is 0 Å². The zero-order valence-corrected chi connectivity index (χ0v) is 17.9. The fourth-order valence-corrected chi connectivity index (χ4v) is 4.21. The normalized spacial score (nSPS) is 11.5. The molecule has 0 aromatic heterocycles. The van der Waals surface area contributed by atoms with E-state index in [2.05, 4.69) is 5.32 Å². The standard InChI is InChI=1S/C22H24N2O5S/c1-24(30(26,27)19-10-9-17-6-4-5-7-18(17)13-19)15-22(25)23-14-16-8-11-20(28-2)21(12-16)29-3/h4-13H,14-15H2,1-3H3,(H,23,25). The van der Waals surface area contributed by atoms with E-state index in [1.807, 2.05) is 24.3 Å². The van der Waals surface area contributed by atoms with Gasteiger partial charge in [-0.15, -0.1) is 0 Å². The highest BCUT2D eigenvalue weighted by Gasteiger charge is 2.23. The molecule has 30 heavy (non-hydrogen) atoms.